The zero-order chi connectivity index (χ0) is 21.4. The summed E-state index contributed by atoms with van der Waals surface area (Å²) in [6.07, 6.45) is 2.97. The molecule has 0 bridgehead atoms. The molecule has 1 heterocycles. The molecule has 1 aromatic carbocycles. The van der Waals surface area contributed by atoms with Gasteiger partial charge in [-0.1, -0.05) is 54.8 Å². The summed E-state index contributed by atoms with van der Waals surface area (Å²) < 4.78 is 43.4. The van der Waals surface area contributed by atoms with Gasteiger partial charge >= 0.3 is 6.18 Å². The van der Waals surface area contributed by atoms with Gasteiger partial charge < -0.3 is 5.73 Å². The minimum Gasteiger partial charge on any atom is -0.368 e. The van der Waals surface area contributed by atoms with Gasteiger partial charge in [0.15, 0.2) is 0 Å². The first kappa shape index (κ1) is 20.8. The van der Waals surface area contributed by atoms with Crippen molar-refractivity contribution in [2.24, 2.45) is 11.7 Å². The summed E-state index contributed by atoms with van der Waals surface area (Å²) in [5.74, 6) is -0.472. The Labute approximate surface area is 173 Å². The van der Waals surface area contributed by atoms with Crippen LogP contribution in [-0.4, -0.2) is 27.1 Å². The fourth-order valence-electron chi connectivity index (χ4n) is 4.47. The lowest BCUT2D eigenvalue weighted by molar-refractivity contribution is -0.161. The number of carbonyl (C=O) groups is 1. The molecule has 3 N–H and O–H groups in total. The van der Waals surface area contributed by atoms with Gasteiger partial charge in [0.05, 0.1) is 17.9 Å². The first-order valence-corrected chi connectivity index (χ1v) is 10.4. The van der Waals surface area contributed by atoms with Crippen molar-refractivity contribution >= 4 is 5.91 Å². The number of rotatable bonds is 7. The number of aromatic nitrogens is 3. The van der Waals surface area contributed by atoms with Gasteiger partial charge in [0.2, 0.25) is 5.91 Å². The molecular weight excluding hydrogens is 395 g/mol. The van der Waals surface area contributed by atoms with E-state index < -0.39 is 29.7 Å². The minimum atomic E-state index is -4.46. The molecular formula is C21H26F3N5O. The SMILES string of the molecule is NC(=O)C1(n2cc([C@@H](N[C@H](c3ccccc3)C(F)(F)F)C3CCCCC3)nn2)CC1. The van der Waals surface area contributed by atoms with Crippen molar-refractivity contribution in [1.29, 1.82) is 0 Å². The predicted octanol–water partition coefficient (Wildman–Crippen LogP) is 3.77. The lowest BCUT2D eigenvalue weighted by Gasteiger charge is -2.34. The van der Waals surface area contributed by atoms with Gasteiger partial charge in [0.1, 0.15) is 11.6 Å². The van der Waals surface area contributed by atoms with Crippen molar-refractivity contribution in [3.8, 4) is 0 Å². The summed E-state index contributed by atoms with van der Waals surface area (Å²) in [4.78, 5) is 11.8. The number of primary amides is 1. The van der Waals surface area contributed by atoms with Crippen molar-refractivity contribution in [1.82, 2.24) is 20.3 Å². The van der Waals surface area contributed by atoms with Crippen LogP contribution in [0, 0.1) is 5.92 Å². The Bertz CT molecular complexity index is 872. The zero-order valence-electron chi connectivity index (χ0n) is 16.6. The normalized spacial score (nSPS) is 21.2. The third-order valence-electron chi connectivity index (χ3n) is 6.38. The molecule has 0 saturated heterocycles. The van der Waals surface area contributed by atoms with Crippen LogP contribution in [0.25, 0.3) is 0 Å². The highest BCUT2D eigenvalue weighted by molar-refractivity contribution is 5.85. The van der Waals surface area contributed by atoms with Gasteiger partial charge in [-0.15, -0.1) is 5.10 Å². The fraction of sp³-hybridized carbons (Fsp3) is 0.571. The molecule has 0 spiro atoms. The number of carbonyl (C=O) groups excluding carboxylic acids is 1. The molecule has 30 heavy (non-hydrogen) atoms. The Morgan fingerprint density at radius 2 is 1.83 bits per heavy atom. The Hall–Kier alpha value is -2.42. The lowest BCUT2D eigenvalue weighted by atomic mass is 9.82. The standard InChI is InChI=1S/C21H26F3N5O/c22-21(23,24)18(15-9-5-2-6-10-15)26-17(14-7-3-1-4-8-14)16-13-29(28-27-16)20(11-12-20)19(25)30/h2,5-6,9-10,13-14,17-18,26H,1,3-4,7-8,11-12H2,(H2,25,30)/t17-,18+/m0/s1. The van der Waals surface area contributed by atoms with E-state index in [9.17, 15) is 18.0 Å². The lowest BCUT2D eigenvalue weighted by Crippen LogP contribution is -2.40. The van der Waals surface area contributed by atoms with Gasteiger partial charge in [0.25, 0.3) is 0 Å². The van der Waals surface area contributed by atoms with Crippen molar-refractivity contribution in [2.45, 2.75) is 68.7 Å². The summed E-state index contributed by atoms with van der Waals surface area (Å²) in [5, 5.41) is 11.1. The molecule has 2 fully saturated rings. The van der Waals surface area contributed by atoms with Crippen LogP contribution in [0.3, 0.4) is 0 Å². The second-order valence-corrected chi connectivity index (χ2v) is 8.41. The topological polar surface area (TPSA) is 85.8 Å². The number of nitrogens with zero attached hydrogens (tertiary/aromatic N) is 3. The first-order chi connectivity index (χ1) is 14.3. The van der Waals surface area contributed by atoms with Crippen molar-refractivity contribution in [3.05, 3.63) is 47.8 Å². The third-order valence-corrected chi connectivity index (χ3v) is 6.38. The van der Waals surface area contributed by atoms with E-state index in [2.05, 4.69) is 15.6 Å². The zero-order valence-corrected chi connectivity index (χ0v) is 16.6. The van der Waals surface area contributed by atoms with Gasteiger partial charge in [-0.05, 0) is 37.2 Å². The molecule has 9 heteroatoms. The average molecular weight is 421 g/mol. The van der Waals surface area contributed by atoms with Crippen molar-refractivity contribution < 1.29 is 18.0 Å². The number of amides is 1. The Kier molecular flexibility index (Phi) is 5.57. The molecule has 2 aliphatic rings. The number of alkyl halides is 3. The first-order valence-electron chi connectivity index (χ1n) is 10.4. The molecule has 1 amide bonds. The van der Waals surface area contributed by atoms with E-state index in [4.69, 9.17) is 5.73 Å². The second kappa shape index (κ2) is 8.02. The van der Waals surface area contributed by atoms with Crippen LogP contribution in [0.5, 0.6) is 0 Å². The van der Waals surface area contributed by atoms with Gasteiger partial charge in [-0.3, -0.25) is 10.1 Å². The average Bonchev–Trinajstić information content (AvgIpc) is 3.41. The third kappa shape index (κ3) is 4.08. The Balaban J connectivity index is 1.66. The van der Waals surface area contributed by atoms with Crippen LogP contribution >= 0.6 is 0 Å². The largest absolute Gasteiger partial charge is 0.407 e. The maximum atomic E-state index is 14.0. The molecule has 4 rings (SSSR count). The summed E-state index contributed by atoms with van der Waals surface area (Å²) in [6.45, 7) is 0. The summed E-state index contributed by atoms with van der Waals surface area (Å²) in [5.41, 5.74) is 5.22. The maximum absolute atomic E-state index is 14.0. The molecule has 2 saturated carbocycles. The number of hydrogen-bond acceptors (Lipinski definition) is 4. The molecule has 0 radical (unpaired) electrons. The summed E-state index contributed by atoms with van der Waals surface area (Å²) >= 11 is 0. The van der Waals surface area contributed by atoms with Crippen LogP contribution in [0.15, 0.2) is 36.5 Å². The Morgan fingerprint density at radius 1 is 1.17 bits per heavy atom. The van der Waals surface area contributed by atoms with Crippen LogP contribution in [0.1, 0.15) is 68.3 Å². The van der Waals surface area contributed by atoms with Crippen LogP contribution < -0.4 is 11.1 Å². The summed E-state index contributed by atoms with van der Waals surface area (Å²) in [6, 6.07) is 5.42. The quantitative estimate of drug-likeness (QED) is 0.713. The molecule has 1 aromatic heterocycles. The van der Waals surface area contributed by atoms with E-state index in [1.165, 1.54) is 16.8 Å². The van der Waals surface area contributed by atoms with Crippen LogP contribution in [-0.2, 0) is 10.3 Å². The number of halogens is 3. The molecule has 2 aromatic rings. The van der Waals surface area contributed by atoms with Crippen molar-refractivity contribution in [2.75, 3.05) is 0 Å². The molecule has 2 atom stereocenters. The van der Waals surface area contributed by atoms with E-state index in [0.717, 1.165) is 32.1 Å². The highest BCUT2D eigenvalue weighted by Gasteiger charge is 2.52. The molecule has 2 aliphatic carbocycles. The van der Waals surface area contributed by atoms with E-state index in [0.29, 0.717) is 18.5 Å². The minimum absolute atomic E-state index is 0.0150. The highest BCUT2D eigenvalue weighted by Crippen LogP contribution is 2.44. The van der Waals surface area contributed by atoms with Crippen LogP contribution in [0.4, 0.5) is 13.2 Å². The van der Waals surface area contributed by atoms with Crippen molar-refractivity contribution in [3.63, 3.8) is 0 Å². The molecule has 162 valence electrons. The number of nitrogens with two attached hydrogens (primary N) is 1. The van der Waals surface area contributed by atoms with Gasteiger partial charge in [0, 0.05) is 0 Å². The molecule has 0 aliphatic heterocycles. The predicted molar refractivity (Wildman–Crippen MR) is 104 cm³/mol. The van der Waals surface area contributed by atoms with Crippen LogP contribution in [0.2, 0.25) is 0 Å². The van der Waals surface area contributed by atoms with E-state index in [-0.39, 0.29) is 11.5 Å². The Morgan fingerprint density at radius 3 is 2.40 bits per heavy atom. The number of benzene rings is 1. The molecule has 6 nitrogen and oxygen atoms in total. The molecule has 0 unspecified atom stereocenters. The number of nitrogens with one attached hydrogen (secondary N) is 1. The van der Waals surface area contributed by atoms with Gasteiger partial charge in [-0.25, -0.2) is 4.68 Å². The highest BCUT2D eigenvalue weighted by atomic mass is 19.4. The smallest absolute Gasteiger partial charge is 0.368 e. The monoisotopic (exact) mass is 421 g/mol. The fourth-order valence-corrected chi connectivity index (χ4v) is 4.47. The van der Waals surface area contributed by atoms with Gasteiger partial charge in [-0.2, -0.15) is 13.2 Å². The number of hydrogen-bond donors (Lipinski definition) is 2. The second-order valence-electron chi connectivity index (χ2n) is 8.41. The maximum Gasteiger partial charge on any atom is 0.407 e. The summed E-state index contributed by atoms with van der Waals surface area (Å²) in [7, 11) is 0. The van der Waals surface area contributed by atoms with E-state index in [1.807, 2.05) is 0 Å². The van der Waals surface area contributed by atoms with E-state index >= 15 is 0 Å². The van der Waals surface area contributed by atoms with E-state index in [1.54, 1.807) is 24.4 Å².